The Hall–Kier alpha value is -3.56. The zero-order chi connectivity index (χ0) is 30.2. The lowest BCUT2D eigenvalue weighted by atomic mass is 10.1. The molecule has 0 aromatic heterocycles. The largest absolute Gasteiger partial charge is 0.495 e. The van der Waals surface area contributed by atoms with Gasteiger partial charge in [0.2, 0.25) is 11.8 Å². The summed E-state index contributed by atoms with van der Waals surface area (Å²) in [5, 5.41) is 3.25. The number of carbonyl (C=O) groups is 2. The number of sulfonamides is 1. The molecule has 8 nitrogen and oxygen atoms in total. The van der Waals surface area contributed by atoms with Crippen molar-refractivity contribution < 1.29 is 22.7 Å². The minimum atomic E-state index is -4.24. The van der Waals surface area contributed by atoms with Crippen LogP contribution in [0.2, 0.25) is 5.02 Å². The maximum absolute atomic E-state index is 14.2. The second-order valence-electron chi connectivity index (χ2n) is 9.89. The Bertz CT molecular complexity index is 1450. The van der Waals surface area contributed by atoms with Crippen LogP contribution in [0, 0.1) is 6.92 Å². The van der Waals surface area contributed by atoms with Gasteiger partial charge >= 0.3 is 0 Å². The number of hydrogen-bond acceptors (Lipinski definition) is 5. The van der Waals surface area contributed by atoms with E-state index < -0.39 is 28.5 Å². The van der Waals surface area contributed by atoms with Gasteiger partial charge in [-0.25, -0.2) is 8.42 Å². The van der Waals surface area contributed by atoms with Gasteiger partial charge in [0.15, 0.2) is 0 Å². The number of rotatable bonds is 13. The van der Waals surface area contributed by atoms with Gasteiger partial charge in [0.1, 0.15) is 18.3 Å². The zero-order valence-electron chi connectivity index (χ0n) is 24.1. The number of carbonyl (C=O) groups excluding carboxylic acids is 2. The third kappa shape index (κ3) is 8.01. The average molecular weight is 600 g/mol. The highest BCUT2D eigenvalue weighted by molar-refractivity contribution is 7.92. The van der Waals surface area contributed by atoms with Crippen molar-refractivity contribution in [2.24, 2.45) is 0 Å². The predicted octanol–water partition coefficient (Wildman–Crippen LogP) is 5.57. The second kappa shape index (κ2) is 14.4. The molecule has 10 heteroatoms. The van der Waals surface area contributed by atoms with Crippen molar-refractivity contribution in [3.63, 3.8) is 0 Å². The maximum Gasteiger partial charge on any atom is 0.264 e. The number of methoxy groups -OCH3 is 1. The summed E-state index contributed by atoms with van der Waals surface area (Å²) in [6.45, 7) is 7.19. The number of anilines is 1. The van der Waals surface area contributed by atoms with Crippen LogP contribution in [0.25, 0.3) is 0 Å². The summed E-state index contributed by atoms with van der Waals surface area (Å²) in [7, 11) is -2.83. The fraction of sp³-hybridized carbons (Fsp3) is 0.355. The fourth-order valence-corrected chi connectivity index (χ4v) is 6.06. The molecule has 0 radical (unpaired) electrons. The minimum absolute atomic E-state index is 0.00150. The molecule has 2 atom stereocenters. The Kier molecular flexibility index (Phi) is 11.2. The Morgan fingerprint density at radius 2 is 1.68 bits per heavy atom. The van der Waals surface area contributed by atoms with Gasteiger partial charge in [-0.2, -0.15) is 0 Å². The average Bonchev–Trinajstić information content (AvgIpc) is 2.96. The molecular weight excluding hydrogens is 562 g/mol. The molecular formula is C31H38ClN3O5S. The summed E-state index contributed by atoms with van der Waals surface area (Å²) in [6.07, 6.45) is 1.07. The number of hydrogen-bond donors (Lipinski definition) is 1. The van der Waals surface area contributed by atoms with Gasteiger partial charge in [0.05, 0.1) is 17.7 Å². The van der Waals surface area contributed by atoms with Crippen LogP contribution in [0.4, 0.5) is 5.69 Å². The molecule has 0 aliphatic rings. The van der Waals surface area contributed by atoms with Crippen LogP contribution in [0.3, 0.4) is 0 Å². The summed E-state index contributed by atoms with van der Waals surface area (Å²) >= 11 is 6.29. The van der Waals surface area contributed by atoms with Gasteiger partial charge in [-0.15, -0.1) is 0 Å². The number of halogens is 1. The van der Waals surface area contributed by atoms with Crippen molar-refractivity contribution in [1.82, 2.24) is 10.2 Å². The first-order chi connectivity index (χ1) is 19.5. The Morgan fingerprint density at radius 1 is 0.976 bits per heavy atom. The highest BCUT2D eigenvalue weighted by Gasteiger charge is 2.35. The number of nitrogens with zero attached hydrogens (tertiary/aromatic N) is 2. The molecule has 0 saturated carbocycles. The fourth-order valence-electron chi connectivity index (χ4n) is 4.46. The number of benzene rings is 3. The first kappa shape index (κ1) is 32.0. The van der Waals surface area contributed by atoms with E-state index in [0.29, 0.717) is 6.42 Å². The van der Waals surface area contributed by atoms with E-state index in [1.54, 1.807) is 30.3 Å². The SMILES string of the molecule is CC[C@H](C)NC(=O)[C@H](CC)N(Cc1cccc(C)c1)C(=O)CN(c1cc(Cl)ccc1OC)S(=O)(=O)c1ccccc1. The molecule has 0 unspecified atom stereocenters. The van der Waals surface area contributed by atoms with Crippen LogP contribution in [0.5, 0.6) is 5.75 Å². The minimum Gasteiger partial charge on any atom is -0.495 e. The lowest BCUT2D eigenvalue weighted by Crippen LogP contribution is -2.53. The third-order valence-corrected chi connectivity index (χ3v) is 8.85. The predicted molar refractivity (Wildman–Crippen MR) is 163 cm³/mol. The lowest BCUT2D eigenvalue weighted by molar-refractivity contribution is -0.140. The molecule has 0 fully saturated rings. The highest BCUT2D eigenvalue weighted by atomic mass is 35.5. The topological polar surface area (TPSA) is 96.0 Å². The van der Waals surface area contributed by atoms with E-state index in [-0.39, 0.29) is 39.8 Å². The van der Waals surface area contributed by atoms with E-state index in [1.165, 1.54) is 30.2 Å². The van der Waals surface area contributed by atoms with E-state index in [0.717, 1.165) is 21.9 Å². The van der Waals surface area contributed by atoms with Gasteiger partial charge in [-0.05, 0) is 62.6 Å². The van der Waals surface area contributed by atoms with E-state index >= 15 is 0 Å². The van der Waals surface area contributed by atoms with E-state index in [2.05, 4.69) is 5.32 Å². The Labute approximate surface area is 248 Å². The van der Waals surface area contributed by atoms with E-state index in [4.69, 9.17) is 16.3 Å². The van der Waals surface area contributed by atoms with Crippen molar-refractivity contribution in [2.75, 3.05) is 18.0 Å². The first-order valence-electron chi connectivity index (χ1n) is 13.6. The smallest absolute Gasteiger partial charge is 0.264 e. The van der Waals surface area contributed by atoms with Crippen LogP contribution < -0.4 is 14.4 Å². The van der Waals surface area contributed by atoms with Crippen molar-refractivity contribution >= 4 is 39.1 Å². The van der Waals surface area contributed by atoms with Gasteiger partial charge < -0.3 is 15.0 Å². The molecule has 3 rings (SSSR count). The molecule has 220 valence electrons. The molecule has 2 amide bonds. The normalized spacial score (nSPS) is 12.7. The van der Waals surface area contributed by atoms with Gasteiger partial charge in [-0.1, -0.05) is 73.5 Å². The van der Waals surface area contributed by atoms with E-state index in [1.807, 2.05) is 52.0 Å². The zero-order valence-corrected chi connectivity index (χ0v) is 25.7. The van der Waals surface area contributed by atoms with Gasteiger partial charge in [-0.3, -0.25) is 13.9 Å². The summed E-state index contributed by atoms with van der Waals surface area (Å²) in [5.41, 5.74) is 1.94. The molecule has 0 aliphatic heterocycles. The van der Waals surface area contributed by atoms with Crippen LogP contribution in [-0.2, 0) is 26.2 Å². The Balaban J connectivity index is 2.12. The second-order valence-corrected chi connectivity index (χ2v) is 12.2. The molecule has 41 heavy (non-hydrogen) atoms. The summed E-state index contributed by atoms with van der Waals surface area (Å²) < 4.78 is 34.5. The molecule has 0 heterocycles. The number of nitrogens with one attached hydrogen (secondary N) is 1. The van der Waals surface area contributed by atoms with Gasteiger partial charge in [0, 0.05) is 17.6 Å². The number of amides is 2. The summed E-state index contributed by atoms with van der Waals surface area (Å²) in [4.78, 5) is 29.1. The molecule has 1 N–H and O–H groups in total. The number of aryl methyl sites for hydroxylation is 1. The van der Waals surface area contributed by atoms with Crippen LogP contribution in [-0.4, -0.2) is 50.9 Å². The molecule has 0 aliphatic carbocycles. The molecule has 3 aromatic rings. The monoisotopic (exact) mass is 599 g/mol. The third-order valence-electron chi connectivity index (χ3n) is 6.84. The first-order valence-corrected chi connectivity index (χ1v) is 15.4. The van der Waals surface area contributed by atoms with Gasteiger partial charge in [0.25, 0.3) is 10.0 Å². The maximum atomic E-state index is 14.2. The highest BCUT2D eigenvalue weighted by Crippen LogP contribution is 2.35. The summed E-state index contributed by atoms with van der Waals surface area (Å²) in [6, 6.07) is 19.2. The standard InChI is InChI=1S/C31H38ClN3O5S/c1-6-23(4)33-31(37)27(7-2)34(20-24-13-11-12-22(3)18-24)30(36)21-35(28-19-25(32)16-17-29(28)40-5)41(38,39)26-14-9-8-10-15-26/h8-19,23,27H,6-7,20-21H2,1-5H3,(H,33,37)/t23-,27-/m0/s1. The quantitative estimate of drug-likeness (QED) is 0.277. The molecule has 0 bridgehead atoms. The van der Waals surface area contributed by atoms with E-state index in [9.17, 15) is 18.0 Å². The van der Waals surface area contributed by atoms with Crippen LogP contribution in [0.15, 0.2) is 77.7 Å². The van der Waals surface area contributed by atoms with Crippen molar-refractivity contribution in [3.8, 4) is 5.75 Å². The van der Waals surface area contributed by atoms with Crippen molar-refractivity contribution in [3.05, 3.63) is 88.9 Å². The number of ether oxygens (including phenoxy) is 1. The summed E-state index contributed by atoms with van der Waals surface area (Å²) in [5.74, 6) is -0.603. The molecule has 0 spiro atoms. The Morgan fingerprint density at radius 3 is 2.29 bits per heavy atom. The van der Waals surface area contributed by atoms with Crippen molar-refractivity contribution in [1.29, 1.82) is 0 Å². The van der Waals surface area contributed by atoms with Crippen molar-refractivity contribution in [2.45, 2.75) is 64.1 Å². The molecule has 0 saturated heterocycles. The lowest BCUT2D eigenvalue weighted by Gasteiger charge is -2.34. The van der Waals surface area contributed by atoms with Crippen LogP contribution in [0.1, 0.15) is 44.7 Å². The van der Waals surface area contributed by atoms with Crippen LogP contribution >= 0.6 is 11.6 Å². The molecule has 3 aromatic carbocycles.